The average Bonchev–Trinajstić information content (AvgIpc) is 2.79. The second kappa shape index (κ2) is 7.57. The summed E-state index contributed by atoms with van der Waals surface area (Å²) in [6.07, 6.45) is 0. The highest BCUT2D eigenvalue weighted by Gasteiger charge is 2.06. The highest BCUT2D eigenvalue weighted by Crippen LogP contribution is 2.31. The summed E-state index contributed by atoms with van der Waals surface area (Å²) in [6.45, 7) is 4.31. The van der Waals surface area contributed by atoms with E-state index in [9.17, 15) is 0 Å². The Morgan fingerprint density at radius 2 is 0.767 bits per heavy atom. The molecule has 146 valence electrons. The van der Waals surface area contributed by atoms with Crippen molar-refractivity contribution in [2.24, 2.45) is 0 Å². The lowest BCUT2D eigenvalue weighted by atomic mass is 10.0. The predicted octanol–water partition coefficient (Wildman–Crippen LogP) is 8.10. The smallest absolute Gasteiger partial charge is 0.0464 e. The standard InChI is InChI=1S/C28H24N2/c1-19-11-17-27(25-9-5-3-7-23(19)25)29-21-13-15-22(16-14-21)30-28-18-12-20(2)24-8-4-6-10-26(24)28/h3-18,29-30H,1-2H3. The molecule has 0 aliphatic heterocycles. The minimum atomic E-state index is 1.07. The van der Waals surface area contributed by atoms with Gasteiger partial charge in [0.2, 0.25) is 0 Å². The van der Waals surface area contributed by atoms with Gasteiger partial charge in [-0.05, 0) is 72.1 Å². The van der Waals surface area contributed by atoms with Crippen LogP contribution in [0.15, 0.2) is 97.1 Å². The molecule has 0 heterocycles. The molecule has 0 saturated carbocycles. The molecule has 0 amide bonds. The molecule has 5 aromatic rings. The Balaban J connectivity index is 1.41. The molecule has 2 heteroatoms. The van der Waals surface area contributed by atoms with Gasteiger partial charge in [0.1, 0.15) is 0 Å². The number of anilines is 4. The molecule has 0 spiro atoms. The Morgan fingerprint density at radius 1 is 0.400 bits per heavy atom. The molecule has 0 aromatic heterocycles. The van der Waals surface area contributed by atoms with Crippen molar-refractivity contribution in [3.8, 4) is 0 Å². The zero-order valence-corrected chi connectivity index (χ0v) is 17.2. The molecule has 0 atom stereocenters. The maximum Gasteiger partial charge on any atom is 0.0464 e. The third kappa shape index (κ3) is 3.37. The number of fused-ring (bicyclic) bond motifs is 2. The Bertz CT molecular complexity index is 1240. The lowest BCUT2D eigenvalue weighted by Gasteiger charge is -2.14. The maximum atomic E-state index is 3.57. The van der Waals surface area contributed by atoms with E-state index in [1.807, 2.05) is 0 Å². The third-order valence-corrected chi connectivity index (χ3v) is 5.73. The van der Waals surface area contributed by atoms with Crippen LogP contribution in [0.5, 0.6) is 0 Å². The SMILES string of the molecule is Cc1ccc(Nc2ccc(Nc3ccc(C)c4ccccc34)cc2)c2ccccc12. The van der Waals surface area contributed by atoms with Crippen LogP contribution in [0.3, 0.4) is 0 Å². The van der Waals surface area contributed by atoms with E-state index < -0.39 is 0 Å². The molecule has 0 fully saturated rings. The first-order valence-electron chi connectivity index (χ1n) is 10.3. The van der Waals surface area contributed by atoms with Crippen LogP contribution in [-0.4, -0.2) is 0 Å². The molecular weight excluding hydrogens is 364 g/mol. The molecule has 0 unspecified atom stereocenters. The maximum absolute atomic E-state index is 3.57. The Hall–Kier alpha value is -3.78. The largest absolute Gasteiger partial charge is 0.355 e. The fourth-order valence-electron chi connectivity index (χ4n) is 4.07. The van der Waals surface area contributed by atoms with Crippen LogP contribution in [0.1, 0.15) is 11.1 Å². The fourth-order valence-corrected chi connectivity index (χ4v) is 4.07. The number of aryl methyl sites for hydroxylation is 2. The summed E-state index contributed by atoms with van der Waals surface area (Å²) in [6, 6.07) is 34.2. The molecule has 2 N–H and O–H groups in total. The van der Waals surface area contributed by atoms with Crippen LogP contribution < -0.4 is 10.6 Å². The highest BCUT2D eigenvalue weighted by molar-refractivity contribution is 5.98. The van der Waals surface area contributed by atoms with Crippen molar-refractivity contribution in [2.45, 2.75) is 13.8 Å². The second-order valence-electron chi connectivity index (χ2n) is 7.78. The van der Waals surface area contributed by atoms with Gasteiger partial charge in [0.15, 0.2) is 0 Å². The average molecular weight is 389 g/mol. The number of rotatable bonds is 4. The quantitative estimate of drug-likeness (QED) is 0.325. The number of benzene rings is 5. The molecule has 0 aliphatic rings. The van der Waals surface area contributed by atoms with E-state index in [4.69, 9.17) is 0 Å². The van der Waals surface area contributed by atoms with E-state index in [0.29, 0.717) is 0 Å². The minimum absolute atomic E-state index is 1.07. The van der Waals surface area contributed by atoms with Gasteiger partial charge in [-0.1, -0.05) is 60.7 Å². The van der Waals surface area contributed by atoms with Crippen LogP contribution in [0.2, 0.25) is 0 Å². The Labute approximate surface area is 177 Å². The lowest BCUT2D eigenvalue weighted by Crippen LogP contribution is -1.95. The van der Waals surface area contributed by atoms with Gasteiger partial charge in [0.05, 0.1) is 0 Å². The van der Waals surface area contributed by atoms with Crippen LogP contribution in [0.4, 0.5) is 22.7 Å². The van der Waals surface area contributed by atoms with Crippen LogP contribution in [-0.2, 0) is 0 Å². The van der Waals surface area contributed by atoms with Gasteiger partial charge in [-0.3, -0.25) is 0 Å². The van der Waals surface area contributed by atoms with Crippen molar-refractivity contribution in [1.29, 1.82) is 0 Å². The van der Waals surface area contributed by atoms with E-state index in [2.05, 4.69) is 122 Å². The first kappa shape index (κ1) is 18.3. The predicted molar refractivity (Wildman–Crippen MR) is 130 cm³/mol. The Morgan fingerprint density at radius 3 is 1.17 bits per heavy atom. The number of hydrogen-bond acceptors (Lipinski definition) is 2. The van der Waals surface area contributed by atoms with Crippen molar-refractivity contribution in [1.82, 2.24) is 0 Å². The van der Waals surface area contributed by atoms with Gasteiger partial charge < -0.3 is 10.6 Å². The van der Waals surface area contributed by atoms with Crippen molar-refractivity contribution in [3.05, 3.63) is 108 Å². The number of hydrogen-bond donors (Lipinski definition) is 2. The molecule has 5 aromatic carbocycles. The van der Waals surface area contributed by atoms with Crippen LogP contribution in [0.25, 0.3) is 21.5 Å². The van der Waals surface area contributed by atoms with E-state index in [1.165, 1.54) is 32.7 Å². The summed E-state index contributed by atoms with van der Waals surface area (Å²) < 4.78 is 0. The number of nitrogens with one attached hydrogen (secondary N) is 2. The molecule has 5 rings (SSSR count). The molecule has 0 bridgehead atoms. The van der Waals surface area contributed by atoms with Gasteiger partial charge in [-0.15, -0.1) is 0 Å². The van der Waals surface area contributed by atoms with Crippen molar-refractivity contribution in [2.75, 3.05) is 10.6 Å². The molecule has 0 aliphatic carbocycles. The van der Waals surface area contributed by atoms with E-state index in [-0.39, 0.29) is 0 Å². The zero-order chi connectivity index (χ0) is 20.5. The summed E-state index contributed by atoms with van der Waals surface area (Å²) in [4.78, 5) is 0. The van der Waals surface area contributed by atoms with E-state index in [0.717, 1.165) is 22.7 Å². The van der Waals surface area contributed by atoms with Gasteiger partial charge in [-0.2, -0.15) is 0 Å². The summed E-state index contributed by atoms with van der Waals surface area (Å²) in [5.41, 5.74) is 6.98. The van der Waals surface area contributed by atoms with E-state index in [1.54, 1.807) is 0 Å². The van der Waals surface area contributed by atoms with Gasteiger partial charge in [0.25, 0.3) is 0 Å². The van der Waals surface area contributed by atoms with Crippen molar-refractivity contribution in [3.63, 3.8) is 0 Å². The van der Waals surface area contributed by atoms with Crippen LogP contribution in [0, 0.1) is 13.8 Å². The van der Waals surface area contributed by atoms with E-state index >= 15 is 0 Å². The first-order valence-corrected chi connectivity index (χ1v) is 10.3. The summed E-state index contributed by atoms with van der Waals surface area (Å²) in [5, 5.41) is 12.2. The third-order valence-electron chi connectivity index (χ3n) is 5.73. The van der Waals surface area contributed by atoms with Gasteiger partial charge >= 0.3 is 0 Å². The summed E-state index contributed by atoms with van der Waals surface area (Å²) in [5.74, 6) is 0. The molecule has 0 saturated heterocycles. The normalized spacial score (nSPS) is 11.0. The zero-order valence-electron chi connectivity index (χ0n) is 17.2. The summed E-state index contributed by atoms with van der Waals surface area (Å²) in [7, 11) is 0. The van der Waals surface area contributed by atoms with Gasteiger partial charge in [-0.25, -0.2) is 0 Å². The second-order valence-corrected chi connectivity index (χ2v) is 7.78. The molecular formula is C28H24N2. The topological polar surface area (TPSA) is 24.1 Å². The summed E-state index contributed by atoms with van der Waals surface area (Å²) >= 11 is 0. The molecule has 0 radical (unpaired) electrons. The fraction of sp³-hybridized carbons (Fsp3) is 0.0714. The Kier molecular flexibility index (Phi) is 4.61. The van der Waals surface area contributed by atoms with Gasteiger partial charge in [0, 0.05) is 33.5 Å². The highest BCUT2D eigenvalue weighted by atomic mass is 14.9. The monoisotopic (exact) mass is 388 g/mol. The molecule has 30 heavy (non-hydrogen) atoms. The molecule has 2 nitrogen and oxygen atoms in total. The van der Waals surface area contributed by atoms with Crippen LogP contribution >= 0.6 is 0 Å². The van der Waals surface area contributed by atoms with Crippen molar-refractivity contribution < 1.29 is 0 Å². The lowest BCUT2D eigenvalue weighted by molar-refractivity contribution is 1.49. The first-order chi connectivity index (χ1) is 14.7. The minimum Gasteiger partial charge on any atom is -0.355 e. The van der Waals surface area contributed by atoms with Crippen molar-refractivity contribution >= 4 is 44.3 Å².